The molecule has 0 radical (unpaired) electrons. The van der Waals surface area contributed by atoms with Gasteiger partial charge in [-0.05, 0) is 71.0 Å². The Morgan fingerprint density at radius 1 is 0.769 bits per heavy atom. The van der Waals surface area contributed by atoms with Crippen LogP contribution in [0.15, 0.2) is 85.1 Å². The van der Waals surface area contributed by atoms with Crippen LogP contribution in [0.5, 0.6) is 0 Å². The number of unbranched alkanes of at least 4 members (excludes halogenated alkanes) is 2. The molecular formula is C36H44N2O. The number of rotatable bonds is 13. The van der Waals surface area contributed by atoms with Crippen LogP contribution in [0, 0.1) is 0 Å². The number of aliphatic hydroxyl groups is 1. The van der Waals surface area contributed by atoms with E-state index >= 15 is 0 Å². The largest absolute Gasteiger partial charge is 0.388 e. The number of hydrogen-bond acceptors (Lipinski definition) is 2. The zero-order valence-electron chi connectivity index (χ0n) is 23.9. The Hall–Kier alpha value is -3.14. The highest BCUT2D eigenvalue weighted by Gasteiger charge is 2.36. The molecule has 1 atom stereocenters. The van der Waals surface area contributed by atoms with E-state index in [1.165, 1.54) is 43.6 Å². The zero-order chi connectivity index (χ0) is 27.2. The Balaban J connectivity index is 1.56. The van der Waals surface area contributed by atoms with Crippen molar-refractivity contribution in [2.75, 3.05) is 0 Å². The third-order valence-electron chi connectivity index (χ3n) is 8.62. The van der Waals surface area contributed by atoms with Crippen molar-refractivity contribution in [2.45, 2.75) is 90.4 Å². The lowest BCUT2D eigenvalue weighted by atomic mass is 9.80. The fourth-order valence-electron chi connectivity index (χ4n) is 6.38. The highest BCUT2D eigenvalue weighted by molar-refractivity contribution is 6.02. The molecule has 0 saturated heterocycles. The normalized spacial score (nSPS) is 13.0. The monoisotopic (exact) mass is 520 g/mol. The maximum absolute atomic E-state index is 12.4. The standard InChI is InChI=1S/C36H44N2O/c1-4-7-21-36(39,22-8-5-2)35(24-29-26-38(6-3)34-20-14-13-19-32(29)34)37-25-33-30-17-11-9-15-27(30)23-28-16-10-12-18-31(28)33/h9-20,23,26,35,37,39H,4-8,21-22,24-25H2,1-3H3/t35-/m0/s1. The van der Waals surface area contributed by atoms with Crippen LogP contribution in [-0.4, -0.2) is 21.3 Å². The van der Waals surface area contributed by atoms with Crippen molar-refractivity contribution in [1.29, 1.82) is 0 Å². The summed E-state index contributed by atoms with van der Waals surface area (Å²) in [7, 11) is 0. The Morgan fingerprint density at radius 2 is 1.33 bits per heavy atom. The number of fused-ring (bicyclic) bond motifs is 3. The topological polar surface area (TPSA) is 37.2 Å². The van der Waals surface area contributed by atoms with Gasteiger partial charge in [-0.1, -0.05) is 106 Å². The molecule has 1 aromatic heterocycles. The molecule has 39 heavy (non-hydrogen) atoms. The van der Waals surface area contributed by atoms with Gasteiger partial charge in [0, 0.05) is 36.2 Å². The van der Waals surface area contributed by atoms with Gasteiger partial charge in [-0.3, -0.25) is 0 Å². The van der Waals surface area contributed by atoms with E-state index in [9.17, 15) is 5.11 Å². The van der Waals surface area contributed by atoms with Gasteiger partial charge in [0.15, 0.2) is 0 Å². The number of benzene rings is 4. The van der Waals surface area contributed by atoms with Crippen LogP contribution in [0.2, 0.25) is 0 Å². The van der Waals surface area contributed by atoms with E-state index in [1.807, 2.05) is 0 Å². The SMILES string of the molecule is CCCCC(O)(CCCC)[C@H](Cc1cn(CC)c2ccccc12)NCc1c2ccccc2cc2ccccc12. The fourth-order valence-corrected chi connectivity index (χ4v) is 6.38. The zero-order valence-corrected chi connectivity index (χ0v) is 23.9. The second-order valence-corrected chi connectivity index (χ2v) is 11.2. The van der Waals surface area contributed by atoms with Gasteiger partial charge in [-0.15, -0.1) is 0 Å². The van der Waals surface area contributed by atoms with Gasteiger partial charge in [0.05, 0.1) is 5.60 Å². The summed E-state index contributed by atoms with van der Waals surface area (Å²) >= 11 is 0. The Labute approximate surface area is 233 Å². The number of aromatic nitrogens is 1. The van der Waals surface area contributed by atoms with Crippen molar-refractivity contribution >= 4 is 32.4 Å². The molecule has 0 amide bonds. The first kappa shape index (κ1) is 27.4. The van der Waals surface area contributed by atoms with Gasteiger partial charge in [0.1, 0.15) is 0 Å². The minimum Gasteiger partial charge on any atom is -0.388 e. The maximum Gasteiger partial charge on any atom is 0.0803 e. The van der Waals surface area contributed by atoms with Gasteiger partial charge >= 0.3 is 0 Å². The van der Waals surface area contributed by atoms with Gasteiger partial charge in [0.2, 0.25) is 0 Å². The van der Waals surface area contributed by atoms with Gasteiger partial charge in [0.25, 0.3) is 0 Å². The van der Waals surface area contributed by atoms with Crippen LogP contribution in [0.25, 0.3) is 32.4 Å². The predicted octanol–water partition coefficient (Wildman–Crippen LogP) is 8.78. The van der Waals surface area contributed by atoms with Crippen molar-refractivity contribution in [2.24, 2.45) is 0 Å². The summed E-state index contributed by atoms with van der Waals surface area (Å²) in [5, 5.41) is 22.7. The molecule has 0 spiro atoms. The lowest BCUT2D eigenvalue weighted by Crippen LogP contribution is -2.52. The van der Waals surface area contributed by atoms with E-state index in [2.05, 4.69) is 116 Å². The van der Waals surface area contributed by atoms with Gasteiger partial charge in [-0.2, -0.15) is 0 Å². The number of hydrogen-bond donors (Lipinski definition) is 2. The molecule has 4 aromatic carbocycles. The minimum absolute atomic E-state index is 0.0514. The summed E-state index contributed by atoms with van der Waals surface area (Å²) in [6.07, 6.45) is 9.01. The molecule has 1 heterocycles. The Morgan fingerprint density at radius 3 is 1.92 bits per heavy atom. The first-order valence-electron chi connectivity index (χ1n) is 15.0. The molecule has 0 unspecified atom stereocenters. The molecule has 204 valence electrons. The summed E-state index contributed by atoms with van der Waals surface area (Å²) in [5.74, 6) is 0. The summed E-state index contributed by atoms with van der Waals surface area (Å²) in [4.78, 5) is 0. The first-order valence-corrected chi connectivity index (χ1v) is 15.0. The molecule has 5 rings (SSSR count). The van der Waals surface area contributed by atoms with E-state index in [4.69, 9.17) is 0 Å². The third-order valence-corrected chi connectivity index (χ3v) is 8.62. The Kier molecular flexibility index (Phi) is 8.69. The molecule has 3 nitrogen and oxygen atoms in total. The molecule has 0 bridgehead atoms. The summed E-state index contributed by atoms with van der Waals surface area (Å²) in [5.41, 5.74) is 3.15. The molecule has 5 aromatic rings. The second-order valence-electron chi connectivity index (χ2n) is 11.2. The number of aryl methyl sites for hydroxylation is 1. The molecule has 0 aliphatic heterocycles. The van der Waals surface area contributed by atoms with Gasteiger partial charge in [-0.25, -0.2) is 0 Å². The highest BCUT2D eigenvalue weighted by atomic mass is 16.3. The smallest absolute Gasteiger partial charge is 0.0803 e. The molecule has 0 fully saturated rings. The fraction of sp³-hybridized carbons (Fsp3) is 0.389. The summed E-state index contributed by atoms with van der Waals surface area (Å²) < 4.78 is 2.34. The van der Waals surface area contributed by atoms with Crippen molar-refractivity contribution in [3.8, 4) is 0 Å². The third kappa shape index (κ3) is 5.76. The number of para-hydroxylation sites is 1. The molecule has 0 aliphatic rings. The van der Waals surface area contributed by atoms with Crippen LogP contribution in [-0.2, 0) is 19.5 Å². The first-order chi connectivity index (χ1) is 19.1. The average Bonchev–Trinajstić information content (AvgIpc) is 3.34. The van der Waals surface area contributed by atoms with Crippen molar-refractivity contribution in [1.82, 2.24) is 9.88 Å². The van der Waals surface area contributed by atoms with Crippen LogP contribution in [0.3, 0.4) is 0 Å². The Bertz CT molecular complexity index is 1470. The molecule has 0 aliphatic carbocycles. The molecule has 2 N–H and O–H groups in total. The van der Waals surface area contributed by atoms with Crippen LogP contribution in [0.4, 0.5) is 0 Å². The van der Waals surface area contributed by atoms with Crippen molar-refractivity contribution < 1.29 is 5.11 Å². The quantitative estimate of drug-likeness (QED) is 0.152. The van der Waals surface area contributed by atoms with Crippen LogP contribution in [0.1, 0.15) is 70.4 Å². The number of nitrogens with one attached hydrogen (secondary N) is 1. The second kappa shape index (κ2) is 12.4. The van der Waals surface area contributed by atoms with Crippen LogP contribution < -0.4 is 5.32 Å². The van der Waals surface area contributed by atoms with Crippen molar-refractivity contribution in [3.05, 3.63) is 96.2 Å². The summed E-state index contributed by atoms with van der Waals surface area (Å²) in [6.45, 7) is 8.31. The highest BCUT2D eigenvalue weighted by Crippen LogP contribution is 2.33. The molecule has 3 heteroatoms. The molecule has 0 saturated carbocycles. The molecular weight excluding hydrogens is 476 g/mol. The van der Waals surface area contributed by atoms with Crippen LogP contribution >= 0.6 is 0 Å². The average molecular weight is 521 g/mol. The lowest BCUT2D eigenvalue weighted by molar-refractivity contribution is -0.0183. The van der Waals surface area contributed by atoms with E-state index in [0.29, 0.717) is 0 Å². The summed E-state index contributed by atoms with van der Waals surface area (Å²) in [6, 6.07) is 28.4. The minimum atomic E-state index is -0.762. The van der Waals surface area contributed by atoms with E-state index in [0.717, 1.165) is 58.0 Å². The van der Waals surface area contributed by atoms with E-state index in [-0.39, 0.29) is 6.04 Å². The number of nitrogens with zero attached hydrogens (tertiary/aromatic N) is 1. The van der Waals surface area contributed by atoms with Gasteiger partial charge < -0.3 is 15.0 Å². The van der Waals surface area contributed by atoms with Crippen molar-refractivity contribution in [3.63, 3.8) is 0 Å². The van der Waals surface area contributed by atoms with E-state index in [1.54, 1.807) is 0 Å². The van der Waals surface area contributed by atoms with E-state index < -0.39 is 5.60 Å². The lowest BCUT2D eigenvalue weighted by Gasteiger charge is -2.38. The maximum atomic E-state index is 12.4. The predicted molar refractivity (Wildman–Crippen MR) is 167 cm³/mol.